The summed E-state index contributed by atoms with van der Waals surface area (Å²) in [4.78, 5) is 17.2. The third kappa shape index (κ3) is 6.41. The van der Waals surface area contributed by atoms with Gasteiger partial charge in [-0.05, 0) is 43.8 Å². The van der Waals surface area contributed by atoms with Gasteiger partial charge in [-0.1, -0.05) is 18.2 Å². The molecule has 1 fully saturated rings. The number of sulfonamides is 1. The monoisotopic (exact) mass is 448 g/mol. The van der Waals surface area contributed by atoms with Gasteiger partial charge in [0.2, 0.25) is 15.9 Å². The lowest BCUT2D eigenvalue weighted by Crippen LogP contribution is -2.45. The second kappa shape index (κ2) is 9.65. The fraction of sp³-hybridized carbons (Fsp3) is 0.409. The van der Waals surface area contributed by atoms with Gasteiger partial charge in [0.05, 0.1) is 24.4 Å². The van der Waals surface area contributed by atoms with Crippen molar-refractivity contribution in [1.82, 2.24) is 10.2 Å². The Morgan fingerprint density at radius 1 is 1.13 bits per heavy atom. The van der Waals surface area contributed by atoms with Crippen molar-refractivity contribution in [1.29, 1.82) is 0 Å². The molecule has 1 amide bonds. The van der Waals surface area contributed by atoms with Crippen molar-refractivity contribution in [3.8, 4) is 0 Å². The summed E-state index contributed by atoms with van der Waals surface area (Å²) in [5, 5.41) is 2.93. The lowest BCUT2D eigenvalue weighted by molar-refractivity contribution is -0.121. The molecule has 1 heterocycles. The third-order valence-electron chi connectivity index (χ3n) is 5.34. The molecule has 1 atom stereocenters. The van der Waals surface area contributed by atoms with Crippen molar-refractivity contribution in [2.45, 2.75) is 19.4 Å². The molecule has 7 nitrogen and oxygen atoms in total. The first-order valence-corrected chi connectivity index (χ1v) is 12.1. The summed E-state index contributed by atoms with van der Waals surface area (Å²) in [6, 6.07) is 11.0. The second-order valence-electron chi connectivity index (χ2n) is 7.99. The summed E-state index contributed by atoms with van der Waals surface area (Å²) in [5.74, 6) is -0.625. The third-order valence-corrected chi connectivity index (χ3v) is 5.93. The molecule has 0 radical (unpaired) electrons. The summed E-state index contributed by atoms with van der Waals surface area (Å²) in [5.41, 5.74) is 2.58. The maximum atomic E-state index is 14.0. The van der Waals surface area contributed by atoms with Crippen LogP contribution in [0.4, 0.5) is 15.8 Å². The first-order chi connectivity index (χ1) is 14.6. The van der Waals surface area contributed by atoms with Gasteiger partial charge in [-0.2, -0.15) is 0 Å². The average Bonchev–Trinajstić information content (AvgIpc) is 2.69. The van der Waals surface area contributed by atoms with Crippen LogP contribution in [0.3, 0.4) is 0 Å². The highest BCUT2D eigenvalue weighted by Crippen LogP contribution is 2.28. The van der Waals surface area contributed by atoms with Gasteiger partial charge in [-0.15, -0.1) is 0 Å². The SMILES string of the molecule is CC(NC(=O)Cc1ccccc1NS(C)(=O)=O)c1cc(F)ccc1N1CCN(C)CC1. The Balaban J connectivity index is 1.74. The molecule has 0 spiro atoms. The van der Waals surface area contributed by atoms with E-state index in [0.29, 0.717) is 11.3 Å². The second-order valence-corrected chi connectivity index (χ2v) is 9.74. The van der Waals surface area contributed by atoms with Crippen molar-refractivity contribution in [2.24, 2.45) is 0 Å². The Hall–Kier alpha value is -2.65. The van der Waals surface area contributed by atoms with Crippen LogP contribution in [0.2, 0.25) is 0 Å². The molecule has 0 aromatic heterocycles. The summed E-state index contributed by atoms with van der Waals surface area (Å²) < 4.78 is 39.6. The Bertz CT molecular complexity index is 1040. The largest absolute Gasteiger partial charge is 0.369 e. The number of hydrogen-bond donors (Lipinski definition) is 2. The number of benzene rings is 2. The summed E-state index contributed by atoms with van der Waals surface area (Å²) in [6.07, 6.45) is 1.07. The zero-order chi connectivity index (χ0) is 22.6. The number of piperazine rings is 1. The number of carbonyl (C=O) groups is 1. The molecule has 9 heteroatoms. The van der Waals surface area contributed by atoms with Crippen LogP contribution in [0.5, 0.6) is 0 Å². The molecule has 3 rings (SSSR count). The van der Waals surface area contributed by atoms with E-state index in [0.717, 1.165) is 43.7 Å². The van der Waals surface area contributed by atoms with Gasteiger partial charge in [-0.25, -0.2) is 12.8 Å². The molecule has 0 bridgehead atoms. The Morgan fingerprint density at radius 3 is 2.48 bits per heavy atom. The Labute approximate surface area is 183 Å². The van der Waals surface area contributed by atoms with Crippen LogP contribution in [0.15, 0.2) is 42.5 Å². The molecule has 1 aliphatic rings. The lowest BCUT2D eigenvalue weighted by Gasteiger charge is -2.36. The van der Waals surface area contributed by atoms with Gasteiger partial charge in [0.25, 0.3) is 0 Å². The van der Waals surface area contributed by atoms with Crippen LogP contribution >= 0.6 is 0 Å². The smallest absolute Gasteiger partial charge is 0.229 e. The van der Waals surface area contributed by atoms with Crippen LogP contribution in [-0.2, 0) is 21.2 Å². The Morgan fingerprint density at radius 2 is 1.81 bits per heavy atom. The van der Waals surface area contributed by atoms with Crippen LogP contribution in [0.25, 0.3) is 0 Å². The van der Waals surface area contributed by atoms with E-state index in [1.165, 1.54) is 12.1 Å². The van der Waals surface area contributed by atoms with Crippen molar-refractivity contribution in [2.75, 3.05) is 49.1 Å². The number of rotatable bonds is 7. The molecular weight excluding hydrogens is 419 g/mol. The first kappa shape index (κ1) is 23.0. The molecule has 1 unspecified atom stereocenters. The predicted octanol–water partition coefficient (Wildman–Crippen LogP) is 2.37. The van der Waals surface area contributed by atoms with Crippen LogP contribution < -0.4 is 14.9 Å². The van der Waals surface area contributed by atoms with E-state index in [1.54, 1.807) is 30.3 Å². The number of likely N-dealkylation sites (N-methyl/N-ethyl adjacent to an activating group) is 1. The summed E-state index contributed by atoms with van der Waals surface area (Å²) >= 11 is 0. The molecule has 168 valence electrons. The van der Waals surface area contributed by atoms with Gasteiger partial charge >= 0.3 is 0 Å². The van der Waals surface area contributed by atoms with Crippen LogP contribution in [-0.4, -0.2) is 58.7 Å². The van der Waals surface area contributed by atoms with E-state index in [-0.39, 0.29) is 18.1 Å². The number of hydrogen-bond acceptors (Lipinski definition) is 5. The van der Waals surface area contributed by atoms with E-state index in [1.807, 2.05) is 6.92 Å². The fourth-order valence-electron chi connectivity index (χ4n) is 3.72. The summed E-state index contributed by atoms with van der Waals surface area (Å²) in [7, 11) is -1.39. The first-order valence-electron chi connectivity index (χ1n) is 10.2. The van der Waals surface area contributed by atoms with E-state index < -0.39 is 16.1 Å². The molecule has 0 saturated carbocycles. The number of para-hydroxylation sites is 1. The predicted molar refractivity (Wildman–Crippen MR) is 121 cm³/mol. The highest BCUT2D eigenvalue weighted by atomic mass is 32.2. The molecule has 1 aliphatic heterocycles. The van der Waals surface area contributed by atoms with E-state index >= 15 is 0 Å². The molecule has 0 aliphatic carbocycles. The number of halogens is 1. The standard InChI is InChI=1S/C22H29FN4O3S/c1-16(19-15-18(23)8-9-21(19)27-12-10-26(2)11-13-27)24-22(28)14-17-6-4-5-7-20(17)25-31(3,29)30/h4-9,15-16,25H,10-14H2,1-3H3,(H,24,28). The zero-order valence-electron chi connectivity index (χ0n) is 18.1. The molecule has 2 N–H and O–H groups in total. The van der Waals surface area contributed by atoms with Crippen molar-refractivity contribution in [3.63, 3.8) is 0 Å². The van der Waals surface area contributed by atoms with E-state index in [4.69, 9.17) is 0 Å². The van der Waals surface area contributed by atoms with Crippen molar-refractivity contribution in [3.05, 3.63) is 59.4 Å². The minimum atomic E-state index is -3.46. The van der Waals surface area contributed by atoms with Crippen molar-refractivity contribution >= 4 is 27.3 Å². The topological polar surface area (TPSA) is 81.8 Å². The Kier molecular flexibility index (Phi) is 7.17. The molecule has 1 saturated heterocycles. The summed E-state index contributed by atoms with van der Waals surface area (Å²) in [6.45, 7) is 5.33. The van der Waals surface area contributed by atoms with E-state index in [2.05, 4.69) is 26.9 Å². The van der Waals surface area contributed by atoms with E-state index in [9.17, 15) is 17.6 Å². The van der Waals surface area contributed by atoms with Gasteiger partial charge in [0, 0.05) is 37.4 Å². The van der Waals surface area contributed by atoms with Crippen molar-refractivity contribution < 1.29 is 17.6 Å². The number of nitrogens with one attached hydrogen (secondary N) is 2. The highest BCUT2D eigenvalue weighted by molar-refractivity contribution is 7.92. The lowest BCUT2D eigenvalue weighted by atomic mass is 10.0. The molecule has 31 heavy (non-hydrogen) atoms. The average molecular weight is 449 g/mol. The van der Waals surface area contributed by atoms with Gasteiger partial charge in [0.15, 0.2) is 0 Å². The number of anilines is 2. The zero-order valence-corrected chi connectivity index (χ0v) is 18.9. The van der Waals surface area contributed by atoms with Crippen LogP contribution in [0, 0.1) is 5.82 Å². The molecule has 2 aromatic rings. The maximum Gasteiger partial charge on any atom is 0.229 e. The quantitative estimate of drug-likeness (QED) is 0.680. The molecule has 2 aromatic carbocycles. The number of nitrogens with zero attached hydrogens (tertiary/aromatic N) is 2. The van der Waals surface area contributed by atoms with Crippen LogP contribution in [0.1, 0.15) is 24.1 Å². The minimum absolute atomic E-state index is 0.00217. The molecular formula is C22H29FN4O3S. The maximum absolute atomic E-state index is 14.0. The van der Waals surface area contributed by atoms with Gasteiger partial charge in [0.1, 0.15) is 5.82 Å². The fourth-order valence-corrected chi connectivity index (χ4v) is 4.32. The highest BCUT2D eigenvalue weighted by Gasteiger charge is 2.21. The van der Waals surface area contributed by atoms with Gasteiger partial charge < -0.3 is 15.1 Å². The normalized spacial score (nSPS) is 16.1. The number of amides is 1. The number of carbonyl (C=O) groups excluding carboxylic acids is 1. The van der Waals surface area contributed by atoms with Gasteiger partial charge in [-0.3, -0.25) is 9.52 Å². The minimum Gasteiger partial charge on any atom is -0.369 e.